The van der Waals surface area contributed by atoms with Crippen LogP contribution in [-0.4, -0.2) is 32.2 Å². The lowest BCUT2D eigenvalue weighted by molar-refractivity contribution is -0.137. The van der Waals surface area contributed by atoms with Crippen LogP contribution in [0.2, 0.25) is 5.02 Å². The van der Waals surface area contributed by atoms with Gasteiger partial charge in [-0.2, -0.15) is 28.1 Å². The Morgan fingerprint density at radius 3 is 2.32 bits per heavy atom. The number of ether oxygens (including phenoxy) is 1. The van der Waals surface area contributed by atoms with Gasteiger partial charge in [0, 0.05) is 5.69 Å². The number of para-hydroxylation sites is 2. The lowest BCUT2D eigenvalue weighted by Gasteiger charge is -2.14. The third-order valence-electron chi connectivity index (χ3n) is 5.62. The molecule has 4 N–H and O–H groups in total. The number of anilines is 6. The van der Waals surface area contributed by atoms with Crippen molar-refractivity contribution in [1.82, 2.24) is 19.9 Å². The van der Waals surface area contributed by atoms with Crippen LogP contribution in [0.3, 0.4) is 0 Å². The Hall–Kier alpha value is -4.27. The van der Waals surface area contributed by atoms with Crippen molar-refractivity contribution >= 4 is 84.8 Å². The number of thiocarbonyl (C=S) groups is 1. The summed E-state index contributed by atoms with van der Waals surface area (Å²) in [7, 11) is 1.56. The SMILES string of the molecule is COc1cccc2sc(Nc3nc(NC(=S)Nc4ccccc4C)nc(Nc4ccc(C(F)(F)F)cc4Cl)n3)nc12. The van der Waals surface area contributed by atoms with Crippen molar-refractivity contribution in [3.63, 3.8) is 0 Å². The first-order valence-electron chi connectivity index (χ1n) is 11.8. The van der Waals surface area contributed by atoms with Crippen LogP contribution < -0.4 is 26.0 Å². The lowest BCUT2D eigenvalue weighted by Crippen LogP contribution is -2.22. The van der Waals surface area contributed by atoms with Crippen LogP contribution in [0, 0.1) is 6.92 Å². The molecule has 0 bridgehead atoms. The van der Waals surface area contributed by atoms with Crippen molar-refractivity contribution in [2.24, 2.45) is 0 Å². The van der Waals surface area contributed by atoms with E-state index in [4.69, 9.17) is 28.6 Å². The maximum atomic E-state index is 13.1. The van der Waals surface area contributed by atoms with E-state index in [2.05, 4.69) is 41.2 Å². The zero-order valence-electron chi connectivity index (χ0n) is 21.3. The fourth-order valence-electron chi connectivity index (χ4n) is 3.66. The minimum atomic E-state index is -4.54. The van der Waals surface area contributed by atoms with Gasteiger partial charge in [-0.1, -0.05) is 47.2 Å². The molecule has 9 nitrogen and oxygen atoms in total. The highest BCUT2D eigenvalue weighted by Crippen LogP contribution is 2.35. The minimum absolute atomic E-state index is 0.0101. The average molecular weight is 617 g/mol. The first kappa shape index (κ1) is 28.3. The summed E-state index contributed by atoms with van der Waals surface area (Å²) in [4.78, 5) is 17.7. The number of rotatable bonds is 7. The number of nitrogens with zero attached hydrogens (tertiary/aromatic N) is 4. The molecule has 210 valence electrons. The van der Waals surface area contributed by atoms with Crippen molar-refractivity contribution in [3.05, 3.63) is 76.8 Å². The van der Waals surface area contributed by atoms with Gasteiger partial charge >= 0.3 is 6.18 Å². The highest BCUT2D eigenvalue weighted by molar-refractivity contribution is 7.80. The molecule has 2 heterocycles. The number of thiazole rings is 1. The van der Waals surface area contributed by atoms with Crippen LogP contribution in [0.4, 0.5) is 47.5 Å². The van der Waals surface area contributed by atoms with Crippen LogP contribution in [0.25, 0.3) is 10.2 Å². The second-order valence-electron chi connectivity index (χ2n) is 8.47. The van der Waals surface area contributed by atoms with Crippen molar-refractivity contribution in [2.75, 3.05) is 28.4 Å². The molecule has 0 aliphatic heterocycles. The maximum Gasteiger partial charge on any atom is 0.416 e. The van der Waals surface area contributed by atoms with Crippen molar-refractivity contribution < 1.29 is 17.9 Å². The first-order valence-corrected chi connectivity index (χ1v) is 13.4. The number of aryl methyl sites for hydroxylation is 1. The highest BCUT2D eigenvalue weighted by atomic mass is 35.5. The predicted octanol–water partition coefficient (Wildman–Crippen LogP) is 7.77. The Morgan fingerprint density at radius 1 is 0.878 bits per heavy atom. The van der Waals surface area contributed by atoms with E-state index in [-0.39, 0.29) is 33.7 Å². The second-order valence-corrected chi connectivity index (χ2v) is 10.3. The van der Waals surface area contributed by atoms with Gasteiger partial charge in [-0.15, -0.1) is 0 Å². The maximum absolute atomic E-state index is 13.1. The van der Waals surface area contributed by atoms with Crippen molar-refractivity contribution in [1.29, 1.82) is 0 Å². The third-order valence-corrected chi connectivity index (χ3v) is 7.07. The van der Waals surface area contributed by atoms with Gasteiger partial charge in [0.2, 0.25) is 17.8 Å². The van der Waals surface area contributed by atoms with Gasteiger partial charge in [-0.05, 0) is 61.1 Å². The van der Waals surface area contributed by atoms with E-state index < -0.39 is 11.7 Å². The summed E-state index contributed by atoms with van der Waals surface area (Å²) in [5, 5.41) is 12.4. The molecular formula is C26H20ClF3N8OS2. The first-order chi connectivity index (χ1) is 19.6. The van der Waals surface area contributed by atoms with E-state index in [9.17, 15) is 13.2 Å². The Labute approximate surface area is 246 Å². The van der Waals surface area contributed by atoms with Gasteiger partial charge in [-0.3, -0.25) is 5.32 Å². The van der Waals surface area contributed by atoms with Crippen LogP contribution in [0.1, 0.15) is 11.1 Å². The Kier molecular flexibility index (Phi) is 8.06. The molecule has 0 amide bonds. The highest BCUT2D eigenvalue weighted by Gasteiger charge is 2.31. The Balaban J connectivity index is 1.46. The smallest absolute Gasteiger partial charge is 0.416 e. The number of halogens is 4. The topological polar surface area (TPSA) is 109 Å². The lowest BCUT2D eigenvalue weighted by atomic mass is 10.2. The minimum Gasteiger partial charge on any atom is -0.494 e. The summed E-state index contributed by atoms with van der Waals surface area (Å²) in [5.74, 6) is 0.739. The Morgan fingerprint density at radius 2 is 1.61 bits per heavy atom. The van der Waals surface area contributed by atoms with Gasteiger partial charge in [-0.25, -0.2) is 4.98 Å². The summed E-state index contributed by atoms with van der Waals surface area (Å²) in [5.41, 5.74) is 1.70. The number of alkyl halides is 3. The zero-order chi connectivity index (χ0) is 29.1. The number of nitrogens with one attached hydrogen (secondary N) is 4. The Bertz CT molecular complexity index is 1750. The van der Waals surface area contributed by atoms with Gasteiger partial charge in [0.05, 0.1) is 28.1 Å². The molecule has 0 fully saturated rings. The van der Waals surface area contributed by atoms with Gasteiger partial charge in [0.25, 0.3) is 0 Å². The molecule has 41 heavy (non-hydrogen) atoms. The average Bonchev–Trinajstić information content (AvgIpc) is 3.33. The van der Waals surface area contributed by atoms with Gasteiger partial charge in [0.15, 0.2) is 10.2 Å². The van der Waals surface area contributed by atoms with Gasteiger partial charge < -0.3 is 20.7 Å². The molecule has 5 rings (SSSR count). The number of aromatic nitrogens is 4. The van der Waals surface area contributed by atoms with E-state index in [0.29, 0.717) is 16.4 Å². The quantitative estimate of drug-likeness (QED) is 0.135. The van der Waals surface area contributed by atoms with Crippen LogP contribution >= 0.6 is 35.2 Å². The molecule has 0 spiro atoms. The predicted molar refractivity (Wildman–Crippen MR) is 160 cm³/mol. The zero-order valence-corrected chi connectivity index (χ0v) is 23.7. The second kappa shape index (κ2) is 11.7. The fraction of sp³-hybridized carbons (Fsp3) is 0.115. The summed E-state index contributed by atoms with van der Waals surface area (Å²) in [6, 6.07) is 16.0. The van der Waals surface area contributed by atoms with Crippen LogP contribution in [-0.2, 0) is 6.18 Å². The monoisotopic (exact) mass is 616 g/mol. The van der Waals surface area contributed by atoms with Crippen molar-refractivity contribution in [2.45, 2.75) is 13.1 Å². The molecule has 0 unspecified atom stereocenters. The number of hydrogen-bond donors (Lipinski definition) is 4. The standard InChI is InChI=1S/C26H20ClF3N8OS2/c1-13-6-3-4-7-16(13)32-24(40)37-22-34-21(31-17-11-10-14(12-15(17)27)26(28,29)30)35-23(36-22)38-25-33-20-18(39-2)8-5-9-19(20)41-25/h3-12H,1-2H3,(H4,31,32,33,34,35,36,37,38,40). The van der Waals surface area contributed by atoms with Crippen LogP contribution in [0.5, 0.6) is 5.75 Å². The molecule has 0 saturated carbocycles. The molecular weight excluding hydrogens is 597 g/mol. The fourth-order valence-corrected chi connectivity index (χ4v) is 4.97. The molecule has 3 aromatic carbocycles. The molecule has 0 aliphatic rings. The molecule has 0 saturated heterocycles. The number of fused-ring (bicyclic) bond motifs is 1. The summed E-state index contributed by atoms with van der Waals surface area (Å²) >= 11 is 12.9. The molecule has 2 aromatic heterocycles. The number of hydrogen-bond acceptors (Lipinski definition) is 9. The molecule has 0 radical (unpaired) electrons. The normalized spacial score (nSPS) is 11.3. The number of benzene rings is 3. The van der Waals surface area contributed by atoms with E-state index in [0.717, 1.165) is 28.1 Å². The van der Waals surface area contributed by atoms with Gasteiger partial charge in [0.1, 0.15) is 11.3 Å². The largest absolute Gasteiger partial charge is 0.494 e. The summed E-state index contributed by atoms with van der Waals surface area (Å²) in [6.07, 6.45) is -4.54. The van der Waals surface area contributed by atoms with E-state index in [1.165, 1.54) is 17.4 Å². The van der Waals surface area contributed by atoms with E-state index in [1.807, 2.05) is 43.3 Å². The summed E-state index contributed by atoms with van der Waals surface area (Å²) in [6.45, 7) is 1.93. The van der Waals surface area contributed by atoms with E-state index in [1.54, 1.807) is 13.2 Å². The molecule has 0 atom stereocenters. The number of methoxy groups -OCH3 is 1. The van der Waals surface area contributed by atoms with E-state index >= 15 is 0 Å². The molecule has 0 aliphatic carbocycles. The third kappa shape index (κ3) is 6.73. The molecule has 5 aromatic rings. The van der Waals surface area contributed by atoms with Crippen molar-refractivity contribution in [3.8, 4) is 5.75 Å². The summed E-state index contributed by atoms with van der Waals surface area (Å²) < 4.78 is 45.6. The van der Waals surface area contributed by atoms with Crippen LogP contribution in [0.15, 0.2) is 60.7 Å². The molecule has 15 heteroatoms.